The Morgan fingerprint density at radius 3 is 2.09 bits per heavy atom. The van der Waals surface area contributed by atoms with Crippen molar-refractivity contribution in [3.05, 3.63) is 136 Å². The van der Waals surface area contributed by atoms with Gasteiger partial charge < -0.3 is 0 Å². The lowest BCUT2D eigenvalue weighted by Crippen LogP contribution is -2.11. The zero-order chi connectivity index (χ0) is 36.5. The van der Waals surface area contributed by atoms with Crippen LogP contribution in [0.1, 0.15) is 89.8 Å². The van der Waals surface area contributed by atoms with Crippen molar-refractivity contribution < 1.29 is 22.4 Å². The third-order valence-electron chi connectivity index (χ3n) is 6.72. The summed E-state index contributed by atoms with van der Waals surface area (Å²) in [6.45, 7) is 30.6. The third kappa shape index (κ3) is 13.5. The van der Waals surface area contributed by atoms with Crippen molar-refractivity contribution in [2.45, 2.75) is 88.3 Å². The molecule has 0 saturated heterocycles. The van der Waals surface area contributed by atoms with Crippen LogP contribution in [-0.4, -0.2) is 10.9 Å². The maximum atomic E-state index is 13.9. The predicted molar refractivity (Wildman–Crippen MR) is 194 cm³/mol. The molecule has 254 valence electrons. The number of aryl methyl sites for hydroxylation is 3. The number of halogens is 4. The second kappa shape index (κ2) is 20.8. The molecule has 0 fully saturated rings. The Morgan fingerprint density at radius 2 is 1.60 bits per heavy atom. The molecular weight excluding hydrogens is 598 g/mol. The summed E-state index contributed by atoms with van der Waals surface area (Å²) in [5, 5.41) is 1.24. The number of pyridine rings is 1. The Kier molecular flexibility index (Phi) is 18.9. The van der Waals surface area contributed by atoms with E-state index < -0.39 is 17.6 Å². The van der Waals surface area contributed by atoms with E-state index in [9.17, 15) is 17.6 Å². The number of allylic oxidation sites excluding steroid dienone is 8. The third-order valence-corrected chi connectivity index (χ3v) is 6.72. The number of carbonyl (C=O) groups excluding carboxylic acids is 1. The SMILES string of the molecule is C=C1CC=CC=C1/C(=C(/C)C(=C)C)c1cc(C(F)(F)F)c(F)cc1C.C=C=O.CC.CC(C)C.CCc1cc2ccccc2nc1C. The van der Waals surface area contributed by atoms with Gasteiger partial charge in [0.2, 0.25) is 0 Å². The van der Waals surface area contributed by atoms with E-state index in [1.807, 2.05) is 38.1 Å². The molecule has 0 aliphatic heterocycles. The molecule has 0 saturated carbocycles. The van der Waals surface area contributed by atoms with Crippen LogP contribution in [-0.2, 0) is 17.4 Å². The zero-order valence-electron chi connectivity index (χ0n) is 29.8. The summed E-state index contributed by atoms with van der Waals surface area (Å²) in [6, 6.07) is 12.3. The van der Waals surface area contributed by atoms with Crippen LogP contribution in [0.3, 0.4) is 0 Å². The summed E-state index contributed by atoms with van der Waals surface area (Å²) >= 11 is 0. The number of para-hydroxylation sites is 1. The van der Waals surface area contributed by atoms with Crippen LogP contribution in [0.25, 0.3) is 16.5 Å². The van der Waals surface area contributed by atoms with E-state index in [-0.39, 0.29) is 0 Å². The molecular formula is C41H51F4NO. The van der Waals surface area contributed by atoms with Crippen molar-refractivity contribution in [3.8, 4) is 0 Å². The largest absolute Gasteiger partial charge is 0.419 e. The fraction of sp³-hybridized carbons (Fsp3) is 0.341. The van der Waals surface area contributed by atoms with Crippen molar-refractivity contribution in [2.75, 3.05) is 0 Å². The van der Waals surface area contributed by atoms with E-state index in [1.165, 1.54) is 16.9 Å². The monoisotopic (exact) mass is 649 g/mol. The fourth-order valence-electron chi connectivity index (χ4n) is 4.40. The average molecular weight is 650 g/mol. The molecule has 3 aromatic rings. The second-order valence-corrected chi connectivity index (χ2v) is 11.4. The summed E-state index contributed by atoms with van der Waals surface area (Å²) in [7, 11) is 0. The summed E-state index contributed by atoms with van der Waals surface area (Å²) < 4.78 is 53.4. The van der Waals surface area contributed by atoms with E-state index in [0.29, 0.717) is 23.1 Å². The van der Waals surface area contributed by atoms with Gasteiger partial charge in [-0.1, -0.05) is 96.7 Å². The van der Waals surface area contributed by atoms with Gasteiger partial charge in [0.05, 0.1) is 11.1 Å². The highest BCUT2D eigenvalue weighted by atomic mass is 19.4. The van der Waals surface area contributed by atoms with Crippen molar-refractivity contribution in [1.29, 1.82) is 0 Å². The number of aromatic nitrogens is 1. The smallest absolute Gasteiger partial charge is 0.253 e. The van der Waals surface area contributed by atoms with E-state index >= 15 is 0 Å². The quantitative estimate of drug-likeness (QED) is 0.160. The predicted octanol–water partition coefficient (Wildman–Crippen LogP) is 12.7. The first-order chi connectivity index (χ1) is 22.0. The van der Waals surface area contributed by atoms with Gasteiger partial charge in [-0.2, -0.15) is 13.2 Å². The van der Waals surface area contributed by atoms with Gasteiger partial charge in [-0.05, 0) is 116 Å². The number of nitrogens with zero attached hydrogens (tertiary/aromatic N) is 1. The standard InChI is InChI=1S/C21H20F4.C12H13N.C4H10.C2H2O.C2H6/c1-12(2)15(5)20(16-9-7-6-8-13(16)3)17-11-18(21(23,24)25)19(22)10-14(17)4;1-3-10-8-11-6-4-5-7-12(11)13-9(10)2;1-4(2)3;1-2-3;1-2/h6-7,9-11H,1,3,8H2,2,4-5H3;4-8H,3H2,1-2H3;4H,1-3H3;1H2;1-2H3/b20-15+;;;;. The van der Waals surface area contributed by atoms with Gasteiger partial charge in [-0.25, -0.2) is 9.18 Å². The lowest BCUT2D eigenvalue weighted by molar-refractivity contribution is -0.140. The minimum absolute atomic E-state index is 0.344. The van der Waals surface area contributed by atoms with Crippen LogP contribution in [0, 0.1) is 25.6 Å². The fourth-order valence-corrected chi connectivity index (χ4v) is 4.40. The number of fused-ring (bicyclic) bond motifs is 1. The van der Waals surface area contributed by atoms with Crippen LogP contribution in [0.5, 0.6) is 0 Å². The second-order valence-electron chi connectivity index (χ2n) is 11.4. The zero-order valence-corrected chi connectivity index (χ0v) is 29.8. The highest BCUT2D eigenvalue weighted by Crippen LogP contribution is 2.41. The molecule has 0 amide bonds. The van der Waals surface area contributed by atoms with Gasteiger partial charge in [-0.15, -0.1) is 0 Å². The molecule has 0 unspecified atom stereocenters. The maximum Gasteiger partial charge on any atom is 0.419 e. The molecule has 0 atom stereocenters. The first-order valence-electron chi connectivity index (χ1n) is 15.8. The lowest BCUT2D eigenvalue weighted by Gasteiger charge is -2.22. The first-order valence-corrected chi connectivity index (χ1v) is 15.8. The lowest BCUT2D eigenvalue weighted by atomic mass is 9.82. The van der Waals surface area contributed by atoms with Gasteiger partial charge in [0.15, 0.2) is 0 Å². The molecule has 0 bridgehead atoms. The molecule has 0 N–H and O–H groups in total. The average Bonchev–Trinajstić information content (AvgIpc) is 2.99. The van der Waals surface area contributed by atoms with E-state index in [2.05, 4.69) is 83.6 Å². The molecule has 6 heteroatoms. The number of rotatable bonds is 4. The minimum Gasteiger partial charge on any atom is -0.253 e. The van der Waals surface area contributed by atoms with Crippen LogP contribution in [0.4, 0.5) is 17.6 Å². The summed E-state index contributed by atoms with van der Waals surface area (Å²) in [5.41, 5.74) is 6.77. The Hall–Kier alpha value is -4.28. The van der Waals surface area contributed by atoms with E-state index in [0.717, 1.165) is 58.0 Å². The molecule has 1 aliphatic rings. The van der Waals surface area contributed by atoms with E-state index in [4.69, 9.17) is 4.79 Å². The maximum absolute atomic E-state index is 13.9. The Morgan fingerprint density at radius 1 is 1.04 bits per heavy atom. The van der Waals surface area contributed by atoms with Crippen LogP contribution in [0.2, 0.25) is 0 Å². The van der Waals surface area contributed by atoms with Crippen LogP contribution >= 0.6 is 0 Å². The first kappa shape index (κ1) is 42.7. The van der Waals surface area contributed by atoms with Crippen LogP contribution in [0.15, 0.2) is 103 Å². The molecule has 0 radical (unpaired) electrons. The number of hydrogen-bond donors (Lipinski definition) is 0. The Balaban J connectivity index is 0.000000796. The topological polar surface area (TPSA) is 30.0 Å². The molecule has 1 aromatic heterocycles. The molecule has 47 heavy (non-hydrogen) atoms. The van der Waals surface area contributed by atoms with Crippen molar-refractivity contribution in [3.63, 3.8) is 0 Å². The Labute approximate surface area is 280 Å². The van der Waals surface area contributed by atoms with Crippen molar-refractivity contribution in [2.24, 2.45) is 5.92 Å². The van der Waals surface area contributed by atoms with Gasteiger partial charge in [0.1, 0.15) is 11.8 Å². The Bertz CT molecular complexity index is 1630. The van der Waals surface area contributed by atoms with Crippen LogP contribution < -0.4 is 0 Å². The molecule has 1 aliphatic carbocycles. The highest BCUT2D eigenvalue weighted by Gasteiger charge is 2.35. The molecule has 4 rings (SSSR count). The highest BCUT2D eigenvalue weighted by molar-refractivity contribution is 5.89. The molecule has 2 nitrogen and oxygen atoms in total. The summed E-state index contributed by atoms with van der Waals surface area (Å²) in [6.07, 6.45) is 2.52. The summed E-state index contributed by atoms with van der Waals surface area (Å²) in [4.78, 5) is 13.1. The molecule has 2 aromatic carbocycles. The van der Waals surface area contributed by atoms with Gasteiger partial charge >= 0.3 is 6.18 Å². The number of benzene rings is 2. The van der Waals surface area contributed by atoms with Gasteiger partial charge in [0.25, 0.3) is 0 Å². The van der Waals surface area contributed by atoms with Gasteiger partial charge in [-0.3, -0.25) is 4.98 Å². The molecule has 0 spiro atoms. The van der Waals surface area contributed by atoms with Crippen molar-refractivity contribution in [1.82, 2.24) is 4.98 Å². The van der Waals surface area contributed by atoms with Gasteiger partial charge in [0, 0.05) is 11.1 Å². The van der Waals surface area contributed by atoms with Crippen molar-refractivity contribution >= 4 is 22.4 Å². The number of hydrogen-bond acceptors (Lipinski definition) is 2. The normalized spacial score (nSPS) is 12.4. The minimum atomic E-state index is -4.76. The van der Waals surface area contributed by atoms with E-state index in [1.54, 1.807) is 20.8 Å². The number of alkyl halides is 3. The molecule has 1 heterocycles. The summed E-state index contributed by atoms with van der Waals surface area (Å²) in [5.74, 6) is 0.817.